The van der Waals surface area contributed by atoms with Crippen LogP contribution in [0.25, 0.3) is 0 Å². The first-order valence-corrected chi connectivity index (χ1v) is 10.1. The lowest BCUT2D eigenvalue weighted by molar-refractivity contribution is -0.114. The number of unbranched alkanes of at least 4 members (excludes halogenated alkanes) is 10. The Morgan fingerprint density at radius 3 is 1.64 bits per heavy atom. The SMILES string of the molecule is Br.CCCC=C(C)C(N)=O.CCCCCCCCCCCCN(C)C. The molecule has 0 saturated heterocycles. The van der Waals surface area contributed by atoms with Crippen LogP contribution < -0.4 is 5.73 Å². The summed E-state index contributed by atoms with van der Waals surface area (Å²) in [5.41, 5.74) is 5.63. The van der Waals surface area contributed by atoms with Crippen molar-refractivity contribution in [3.05, 3.63) is 11.6 Å². The molecule has 0 aromatic rings. The van der Waals surface area contributed by atoms with Crippen molar-refractivity contribution in [3.8, 4) is 0 Å². The molecule has 0 spiro atoms. The maximum absolute atomic E-state index is 10.4. The van der Waals surface area contributed by atoms with Crippen LogP contribution in [-0.2, 0) is 4.79 Å². The highest BCUT2D eigenvalue weighted by Gasteiger charge is 1.94. The molecule has 0 aromatic carbocycles. The molecule has 2 N–H and O–H groups in total. The van der Waals surface area contributed by atoms with E-state index >= 15 is 0 Å². The van der Waals surface area contributed by atoms with Crippen LogP contribution in [0.2, 0.25) is 0 Å². The third-order valence-corrected chi connectivity index (χ3v) is 4.09. The Morgan fingerprint density at radius 1 is 0.840 bits per heavy atom. The number of rotatable bonds is 14. The lowest BCUT2D eigenvalue weighted by Crippen LogP contribution is -2.12. The molecule has 0 aromatic heterocycles. The van der Waals surface area contributed by atoms with Gasteiger partial charge in [-0.3, -0.25) is 4.79 Å². The molecule has 0 bridgehead atoms. The van der Waals surface area contributed by atoms with Crippen LogP contribution in [0, 0.1) is 0 Å². The maximum atomic E-state index is 10.4. The maximum Gasteiger partial charge on any atom is 0.244 e. The molecule has 0 unspecified atom stereocenters. The van der Waals surface area contributed by atoms with Crippen molar-refractivity contribution in [2.24, 2.45) is 5.73 Å². The molecule has 0 fully saturated rings. The minimum absolute atomic E-state index is 0. The molecule has 3 nitrogen and oxygen atoms in total. The summed E-state index contributed by atoms with van der Waals surface area (Å²) >= 11 is 0. The van der Waals surface area contributed by atoms with Crippen molar-refractivity contribution in [2.75, 3.05) is 20.6 Å². The van der Waals surface area contributed by atoms with Crippen LogP contribution in [0.15, 0.2) is 11.6 Å². The summed E-state index contributed by atoms with van der Waals surface area (Å²) in [6, 6.07) is 0. The molecule has 25 heavy (non-hydrogen) atoms. The van der Waals surface area contributed by atoms with E-state index in [2.05, 4.69) is 32.8 Å². The van der Waals surface area contributed by atoms with E-state index in [1.165, 1.54) is 70.8 Å². The number of halogens is 1. The minimum atomic E-state index is -0.316. The Labute approximate surface area is 168 Å². The standard InChI is InChI=1S/C14H31N.C7H13NO.BrH/c1-4-5-6-7-8-9-10-11-12-13-14-15(2)3;1-3-4-5-6(2)7(8)9;/h4-14H2,1-3H3;5H,3-4H2,1-2H3,(H2,8,9);1H. The van der Waals surface area contributed by atoms with Crippen LogP contribution in [0.4, 0.5) is 0 Å². The largest absolute Gasteiger partial charge is 0.366 e. The van der Waals surface area contributed by atoms with E-state index in [1.807, 2.05) is 6.08 Å². The van der Waals surface area contributed by atoms with Crippen LogP contribution in [0.1, 0.15) is 97.8 Å². The zero-order valence-electron chi connectivity index (χ0n) is 17.6. The van der Waals surface area contributed by atoms with E-state index in [1.54, 1.807) is 6.92 Å². The summed E-state index contributed by atoms with van der Waals surface area (Å²) in [4.78, 5) is 12.6. The third-order valence-electron chi connectivity index (χ3n) is 4.09. The van der Waals surface area contributed by atoms with E-state index in [9.17, 15) is 4.79 Å². The number of hydrogen-bond acceptors (Lipinski definition) is 2. The van der Waals surface area contributed by atoms with Gasteiger partial charge in [-0.05, 0) is 40.4 Å². The van der Waals surface area contributed by atoms with Crippen LogP contribution in [0.3, 0.4) is 0 Å². The highest BCUT2D eigenvalue weighted by molar-refractivity contribution is 8.93. The van der Waals surface area contributed by atoms with Gasteiger partial charge in [0.15, 0.2) is 0 Å². The van der Waals surface area contributed by atoms with Gasteiger partial charge >= 0.3 is 0 Å². The Bertz CT molecular complexity index is 304. The summed E-state index contributed by atoms with van der Waals surface area (Å²) < 4.78 is 0. The van der Waals surface area contributed by atoms with Crippen LogP contribution >= 0.6 is 17.0 Å². The molecule has 0 atom stereocenters. The van der Waals surface area contributed by atoms with Gasteiger partial charge in [0, 0.05) is 5.57 Å². The predicted molar refractivity (Wildman–Crippen MR) is 119 cm³/mol. The number of nitrogens with two attached hydrogens (primary N) is 1. The molecule has 0 radical (unpaired) electrons. The zero-order chi connectivity index (χ0) is 18.6. The average molecular weight is 422 g/mol. The van der Waals surface area contributed by atoms with Crippen molar-refractivity contribution in [3.63, 3.8) is 0 Å². The number of hydrogen-bond donors (Lipinski definition) is 1. The lowest BCUT2D eigenvalue weighted by Gasteiger charge is -2.08. The molecule has 0 heterocycles. The molecule has 4 heteroatoms. The van der Waals surface area contributed by atoms with E-state index < -0.39 is 0 Å². The Balaban J connectivity index is -0.000000418. The van der Waals surface area contributed by atoms with Gasteiger partial charge in [-0.15, -0.1) is 17.0 Å². The quantitative estimate of drug-likeness (QED) is 0.266. The summed E-state index contributed by atoms with van der Waals surface area (Å²) in [6.07, 6.45) is 18.2. The van der Waals surface area contributed by atoms with E-state index in [-0.39, 0.29) is 22.9 Å². The second-order valence-corrected chi connectivity index (χ2v) is 7.03. The highest BCUT2D eigenvalue weighted by atomic mass is 79.9. The number of carbonyl (C=O) groups excluding carboxylic acids is 1. The fraction of sp³-hybridized carbons (Fsp3) is 0.857. The van der Waals surface area contributed by atoms with Crippen molar-refractivity contribution < 1.29 is 4.79 Å². The van der Waals surface area contributed by atoms with Crippen molar-refractivity contribution in [1.82, 2.24) is 4.90 Å². The topological polar surface area (TPSA) is 46.3 Å². The molecular formula is C21H45BrN2O. The highest BCUT2D eigenvalue weighted by Crippen LogP contribution is 2.10. The van der Waals surface area contributed by atoms with Gasteiger partial charge in [-0.1, -0.05) is 84.1 Å². The molecule has 152 valence electrons. The second-order valence-electron chi connectivity index (χ2n) is 7.03. The van der Waals surface area contributed by atoms with Gasteiger partial charge < -0.3 is 10.6 Å². The van der Waals surface area contributed by atoms with Crippen LogP contribution in [0.5, 0.6) is 0 Å². The number of carbonyl (C=O) groups is 1. The molecule has 0 aliphatic heterocycles. The van der Waals surface area contributed by atoms with Crippen molar-refractivity contribution in [2.45, 2.75) is 97.8 Å². The summed E-state index contributed by atoms with van der Waals surface area (Å²) in [5.74, 6) is -0.316. The number of amides is 1. The first-order valence-electron chi connectivity index (χ1n) is 10.1. The third kappa shape index (κ3) is 28.7. The Morgan fingerprint density at radius 2 is 1.28 bits per heavy atom. The summed E-state index contributed by atoms with van der Waals surface area (Å²) in [6.45, 7) is 7.34. The second kappa shape index (κ2) is 23.6. The molecule has 0 rings (SSSR count). The predicted octanol–water partition coefficient (Wildman–Crippen LogP) is 6.26. The number of primary amides is 1. The molecular weight excluding hydrogens is 376 g/mol. The number of nitrogens with zero attached hydrogens (tertiary/aromatic N) is 1. The van der Waals surface area contributed by atoms with E-state index in [4.69, 9.17) is 5.73 Å². The van der Waals surface area contributed by atoms with Gasteiger partial charge in [0.25, 0.3) is 0 Å². The minimum Gasteiger partial charge on any atom is -0.366 e. The van der Waals surface area contributed by atoms with E-state index in [0.717, 1.165) is 12.8 Å². The van der Waals surface area contributed by atoms with Crippen molar-refractivity contribution in [1.29, 1.82) is 0 Å². The first kappa shape index (κ1) is 29.4. The molecule has 0 saturated carbocycles. The Hall–Kier alpha value is -0.350. The van der Waals surface area contributed by atoms with Gasteiger partial charge in [0.2, 0.25) is 5.91 Å². The van der Waals surface area contributed by atoms with Crippen LogP contribution in [-0.4, -0.2) is 31.4 Å². The molecule has 0 aliphatic rings. The monoisotopic (exact) mass is 420 g/mol. The summed E-state index contributed by atoms with van der Waals surface area (Å²) in [7, 11) is 4.32. The average Bonchev–Trinajstić information content (AvgIpc) is 2.54. The normalized spacial score (nSPS) is 10.9. The number of allylic oxidation sites excluding steroid dienone is 1. The Kier molecular flexibility index (Phi) is 27.8. The van der Waals surface area contributed by atoms with Gasteiger partial charge in [0.05, 0.1) is 0 Å². The molecule has 1 amide bonds. The summed E-state index contributed by atoms with van der Waals surface area (Å²) in [5, 5.41) is 0. The fourth-order valence-electron chi connectivity index (χ4n) is 2.38. The van der Waals surface area contributed by atoms with Gasteiger partial charge in [-0.25, -0.2) is 0 Å². The van der Waals surface area contributed by atoms with Crippen molar-refractivity contribution >= 4 is 22.9 Å². The molecule has 0 aliphatic carbocycles. The van der Waals surface area contributed by atoms with E-state index in [0.29, 0.717) is 5.57 Å². The van der Waals surface area contributed by atoms with Gasteiger partial charge in [0.1, 0.15) is 0 Å². The van der Waals surface area contributed by atoms with Gasteiger partial charge in [-0.2, -0.15) is 0 Å². The zero-order valence-corrected chi connectivity index (χ0v) is 19.3. The lowest BCUT2D eigenvalue weighted by atomic mass is 10.1. The first-order chi connectivity index (χ1) is 11.5. The fourth-order valence-corrected chi connectivity index (χ4v) is 2.38. The smallest absolute Gasteiger partial charge is 0.244 e.